The molecule has 0 bridgehead atoms. The maximum atomic E-state index is 13.9. The summed E-state index contributed by atoms with van der Waals surface area (Å²) in [5.74, 6) is -1.17. The van der Waals surface area contributed by atoms with Crippen LogP contribution in [0.3, 0.4) is 0 Å². The topological polar surface area (TPSA) is 0 Å². The third-order valence-corrected chi connectivity index (χ3v) is 8.30. The van der Waals surface area contributed by atoms with Crippen LogP contribution in [-0.4, -0.2) is 0 Å². The van der Waals surface area contributed by atoms with Gasteiger partial charge in [-0.05, 0) is 59.0 Å². The van der Waals surface area contributed by atoms with Gasteiger partial charge in [-0.2, -0.15) is 52.7 Å². The van der Waals surface area contributed by atoms with Crippen LogP contribution < -0.4 is 24.8 Å². The molecule has 0 heterocycles. The van der Waals surface area contributed by atoms with Gasteiger partial charge >= 0.3 is 50.9 Å². The summed E-state index contributed by atoms with van der Waals surface area (Å²) in [4.78, 5) is 0. The number of alkyl halides is 12. The van der Waals surface area contributed by atoms with E-state index in [1.807, 2.05) is 0 Å². The van der Waals surface area contributed by atoms with E-state index < -0.39 is 64.0 Å². The van der Waals surface area contributed by atoms with Gasteiger partial charge in [-0.25, -0.2) is 0 Å². The summed E-state index contributed by atoms with van der Waals surface area (Å²) >= 11 is 0. The molecule has 5 aromatic rings. The van der Waals surface area contributed by atoms with Crippen LogP contribution >= 0.6 is 0 Å². The average molecular weight is 830 g/mol. The first-order valence-electron chi connectivity index (χ1n) is 13.8. The monoisotopic (exact) mass is 827 g/mol. The van der Waals surface area contributed by atoms with Gasteiger partial charge in [0, 0.05) is 17.0 Å². The maximum absolute atomic E-state index is 13.9. The molecule has 1 aliphatic rings. The fraction of sp³-hybridized carbons (Fsp3) is 0.171. The van der Waals surface area contributed by atoms with Crippen LogP contribution in [0.4, 0.5) is 52.7 Å². The smallest absolute Gasteiger partial charge is 1.00 e. The van der Waals surface area contributed by atoms with Crippen molar-refractivity contribution in [3.63, 3.8) is 0 Å². The Morgan fingerprint density at radius 3 is 1.44 bits per heavy atom. The van der Waals surface area contributed by atoms with Crippen molar-refractivity contribution in [1.82, 2.24) is 0 Å². The van der Waals surface area contributed by atoms with Gasteiger partial charge in [-0.15, -0.1) is 34.0 Å². The Hall–Kier alpha value is -3.15. The van der Waals surface area contributed by atoms with Crippen molar-refractivity contribution in [2.75, 3.05) is 0 Å². The van der Waals surface area contributed by atoms with E-state index in [9.17, 15) is 52.7 Å². The van der Waals surface area contributed by atoms with Crippen LogP contribution in [-0.2, 0) is 50.9 Å². The number of hydrogen-bond acceptors (Lipinski definition) is 0. The van der Waals surface area contributed by atoms with Gasteiger partial charge in [0.15, 0.2) is 0 Å². The zero-order chi connectivity index (χ0) is 34.3. The molecule has 0 aliphatic heterocycles. The standard InChI is InChI=1S/C35H19F12.2ClH.Zr/c1-17-25-7-4-5-9-27(25)31(29(17)20-12-23(34(42,43)44)16-24(13-20)35(45,46)47)30-26-8-3-2-6-18(26)14-28(30)19-10-21(32(36,37)38)15-22(11-19)33(39,40)41;;;/h2-16,31H,1H3;2*1H;/q-1;;;+3/p-2. The van der Waals surface area contributed by atoms with Crippen molar-refractivity contribution < 1.29 is 104 Å². The molecular formula is C35H19Cl2F12Zr. The summed E-state index contributed by atoms with van der Waals surface area (Å²) in [5, 5.41) is 0.744. The fourth-order valence-electron chi connectivity index (χ4n) is 6.31. The first-order valence-corrected chi connectivity index (χ1v) is 13.8. The number of fused-ring (bicyclic) bond motifs is 2. The number of allylic oxidation sites excluding steroid dienone is 2. The van der Waals surface area contributed by atoms with E-state index in [2.05, 4.69) is 0 Å². The van der Waals surface area contributed by atoms with E-state index in [1.165, 1.54) is 13.0 Å². The Labute approximate surface area is 308 Å². The molecule has 50 heavy (non-hydrogen) atoms. The predicted octanol–water partition coefficient (Wildman–Crippen LogP) is 6.38. The summed E-state index contributed by atoms with van der Waals surface area (Å²) in [6.07, 6.45) is -20.7. The molecule has 15 heteroatoms. The largest absolute Gasteiger partial charge is 3.00 e. The normalized spacial score (nSPS) is 14.9. The maximum Gasteiger partial charge on any atom is 3.00 e. The minimum absolute atomic E-state index is 0. The quantitative estimate of drug-likeness (QED) is 0.147. The Morgan fingerprint density at radius 2 is 0.960 bits per heavy atom. The van der Waals surface area contributed by atoms with Gasteiger partial charge in [0.05, 0.1) is 11.1 Å². The Bertz CT molecular complexity index is 2000. The second kappa shape index (κ2) is 14.1. The molecule has 1 radical (unpaired) electrons. The van der Waals surface area contributed by atoms with Crippen molar-refractivity contribution in [1.29, 1.82) is 0 Å². The summed E-state index contributed by atoms with van der Waals surface area (Å²) in [7, 11) is 0. The summed E-state index contributed by atoms with van der Waals surface area (Å²) in [5.41, 5.74) is -6.00. The third-order valence-electron chi connectivity index (χ3n) is 8.30. The van der Waals surface area contributed by atoms with Gasteiger partial charge in [0.1, 0.15) is 0 Å². The molecule has 5 aromatic carbocycles. The van der Waals surface area contributed by atoms with Crippen LogP contribution in [0, 0.1) is 0 Å². The second-order valence-electron chi connectivity index (χ2n) is 11.2. The number of benzene rings is 4. The third kappa shape index (κ3) is 7.55. The molecule has 0 spiro atoms. The number of rotatable bonds is 3. The van der Waals surface area contributed by atoms with Crippen LogP contribution in [0.5, 0.6) is 0 Å². The average Bonchev–Trinajstić information content (AvgIpc) is 3.50. The first-order chi connectivity index (χ1) is 21.7. The van der Waals surface area contributed by atoms with Gasteiger partial charge in [-0.1, -0.05) is 60.2 Å². The minimum atomic E-state index is -5.17. The molecule has 0 fully saturated rings. The summed E-state index contributed by atoms with van der Waals surface area (Å²) in [6.45, 7) is 1.50. The molecule has 0 amide bonds. The van der Waals surface area contributed by atoms with Gasteiger partial charge in [-0.3, -0.25) is 0 Å². The van der Waals surface area contributed by atoms with Gasteiger partial charge in [0.25, 0.3) is 0 Å². The molecule has 6 rings (SSSR count). The second-order valence-corrected chi connectivity index (χ2v) is 11.2. The molecule has 0 nitrogen and oxygen atoms in total. The fourth-order valence-corrected chi connectivity index (χ4v) is 6.31. The number of hydrogen-bond donors (Lipinski definition) is 0. The minimum Gasteiger partial charge on any atom is -1.00 e. The molecule has 261 valence electrons. The SMILES string of the molecule is CC1=C(c2cc(C(F)(F)F)cc(C(F)(F)F)c2)C(c2c(-c3cc(C(F)(F)F)cc(C(F)(F)F)c3)[cH-]c3ccccc23)c2ccccc21.[Cl-].[Cl-].[Zr+3]. The van der Waals surface area contributed by atoms with Gasteiger partial charge < -0.3 is 24.8 Å². The summed E-state index contributed by atoms with van der Waals surface area (Å²) < 4.78 is 167. The van der Waals surface area contributed by atoms with Crippen molar-refractivity contribution in [2.24, 2.45) is 0 Å². The van der Waals surface area contributed by atoms with E-state index in [4.69, 9.17) is 0 Å². The Balaban J connectivity index is 0.00000225. The zero-order valence-electron chi connectivity index (χ0n) is 25.0. The summed E-state index contributed by atoms with van der Waals surface area (Å²) in [6, 6.07) is 16.2. The molecule has 1 atom stereocenters. The van der Waals surface area contributed by atoms with Crippen molar-refractivity contribution >= 4 is 21.9 Å². The number of halogens is 14. The molecule has 0 saturated carbocycles. The van der Waals surface area contributed by atoms with E-state index in [0.717, 1.165) is 0 Å². The Kier molecular flexibility index (Phi) is 11.6. The van der Waals surface area contributed by atoms with Crippen LogP contribution in [0.2, 0.25) is 0 Å². The molecule has 1 aliphatic carbocycles. The van der Waals surface area contributed by atoms with Crippen LogP contribution in [0.1, 0.15) is 57.3 Å². The van der Waals surface area contributed by atoms with Crippen molar-refractivity contribution in [2.45, 2.75) is 37.5 Å². The van der Waals surface area contributed by atoms with Crippen molar-refractivity contribution in [3.8, 4) is 11.1 Å². The van der Waals surface area contributed by atoms with Crippen LogP contribution in [0.15, 0.2) is 91.0 Å². The van der Waals surface area contributed by atoms with Gasteiger partial charge in [0.2, 0.25) is 0 Å². The van der Waals surface area contributed by atoms with E-state index in [0.29, 0.717) is 51.7 Å². The predicted molar refractivity (Wildman–Crippen MR) is 152 cm³/mol. The molecule has 0 saturated heterocycles. The molecule has 0 aromatic heterocycles. The molecule has 0 N–H and O–H groups in total. The zero-order valence-corrected chi connectivity index (χ0v) is 29.0. The van der Waals surface area contributed by atoms with Crippen molar-refractivity contribution in [3.05, 3.63) is 136 Å². The first kappa shape index (κ1) is 41.3. The Morgan fingerprint density at radius 1 is 0.540 bits per heavy atom. The molecular weight excluding hydrogens is 810 g/mol. The molecule has 1 unspecified atom stereocenters. The van der Waals surface area contributed by atoms with E-state index in [-0.39, 0.29) is 79.9 Å². The van der Waals surface area contributed by atoms with E-state index >= 15 is 0 Å². The van der Waals surface area contributed by atoms with Crippen LogP contribution in [0.25, 0.3) is 33.0 Å². The van der Waals surface area contributed by atoms with E-state index in [1.54, 1.807) is 48.5 Å².